The first kappa shape index (κ1) is 20.9. The van der Waals surface area contributed by atoms with Gasteiger partial charge in [-0.3, -0.25) is 4.79 Å². The molecule has 0 radical (unpaired) electrons. The van der Waals surface area contributed by atoms with E-state index in [0.717, 1.165) is 17.7 Å². The van der Waals surface area contributed by atoms with Crippen molar-refractivity contribution in [2.24, 2.45) is 0 Å². The molecule has 1 saturated heterocycles. The van der Waals surface area contributed by atoms with E-state index in [2.05, 4.69) is 0 Å². The Morgan fingerprint density at radius 3 is 1.83 bits per heavy atom. The van der Waals surface area contributed by atoms with Gasteiger partial charge < -0.3 is 20.2 Å². The molecule has 29 heavy (non-hydrogen) atoms. The summed E-state index contributed by atoms with van der Waals surface area (Å²) >= 11 is 0. The Balaban J connectivity index is 1.78. The SMILES string of the molecule is Cc1cc(C)c(S(=O)(=O)N2CCN(C(=O)c3cc(O)c(O)c(O)c3)CC2)c(C)c1. The third-order valence-electron chi connectivity index (χ3n) is 5.05. The number of piperazine rings is 1. The van der Waals surface area contributed by atoms with E-state index >= 15 is 0 Å². The fourth-order valence-electron chi connectivity index (χ4n) is 3.74. The zero-order valence-corrected chi connectivity index (χ0v) is 17.3. The van der Waals surface area contributed by atoms with E-state index in [1.165, 1.54) is 9.21 Å². The van der Waals surface area contributed by atoms with Crippen LogP contribution in [-0.4, -0.2) is 65.0 Å². The Labute approximate surface area is 169 Å². The van der Waals surface area contributed by atoms with Crippen molar-refractivity contribution in [3.8, 4) is 17.2 Å². The number of carbonyl (C=O) groups excluding carboxylic acids is 1. The Morgan fingerprint density at radius 2 is 1.34 bits per heavy atom. The molecule has 1 aliphatic heterocycles. The first-order valence-electron chi connectivity index (χ1n) is 9.14. The maximum Gasteiger partial charge on any atom is 0.254 e. The van der Waals surface area contributed by atoms with E-state index < -0.39 is 33.2 Å². The summed E-state index contributed by atoms with van der Waals surface area (Å²) in [5.41, 5.74) is 2.39. The van der Waals surface area contributed by atoms with Crippen LogP contribution in [0, 0.1) is 20.8 Å². The highest BCUT2D eigenvalue weighted by Crippen LogP contribution is 2.36. The lowest BCUT2D eigenvalue weighted by Gasteiger charge is -2.34. The maximum atomic E-state index is 13.1. The number of phenolic OH excluding ortho intramolecular Hbond substituents is 3. The number of sulfonamides is 1. The van der Waals surface area contributed by atoms with Crippen LogP contribution in [0.15, 0.2) is 29.2 Å². The average molecular weight is 420 g/mol. The van der Waals surface area contributed by atoms with E-state index in [4.69, 9.17) is 0 Å². The van der Waals surface area contributed by atoms with Crippen LogP contribution in [0.1, 0.15) is 27.0 Å². The van der Waals surface area contributed by atoms with E-state index in [-0.39, 0.29) is 31.7 Å². The highest BCUT2D eigenvalue weighted by Gasteiger charge is 2.32. The number of nitrogens with zero attached hydrogens (tertiary/aromatic N) is 2. The van der Waals surface area contributed by atoms with E-state index in [0.29, 0.717) is 16.0 Å². The van der Waals surface area contributed by atoms with Crippen molar-refractivity contribution in [2.75, 3.05) is 26.2 Å². The lowest BCUT2D eigenvalue weighted by Crippen LogP contribution is -2.50. The zero-order chi connectivity index (χ0) is 21.5. The van der Waals surface area contributed by atoms with Gasteiger partial charge in [-0.15, -0.1) is 0 Å². The molecular weight excluding hydrogens is 396 g/mol. The van der Waals surface area contributed by atoms with Gasteiger partial charge in [-0.05, 0) is 44.0 Å². The minimum absolute atomic E-state index is 0.0133. The highest BCUT2D eigenvalue weighted by molar-refractivity contribution is 7.89. The van der Waals surface area contributed by atoms with Crippen molar-refractivity contribution in [1.82, 2.24) is 9.21 Å². The molecule has 1 amide bonds. The smallest absolute Gasteiger partial charge is 0.254 e. The van der Waals surface area contributed by atoms with E-state index in [9.17, 15) is 28.5 Å². The van der Waals surface area contributed by atoms with Gasteiger partial charge in [-0.25, -0.2) is 8.42 Å². The number of amides is 1. The molecule has 0 aromatic heterocycles. The third kappa shape index (κ3) is 3.88. The second-order valence-corrected chi connectivity index (χ2v) is 9.16. The van der Waals surface area contributed by atoms with Gasteiger partial charge >= 0.3 is 0 Å². The van der Waals surface area contributed by atoms with Gasteiger partial charge in [-0.1, -0.05) is 17.7 Å². The first-order chi connectivity index (χ1) is 13.5. The molecule has 0 spiro atoms. The maximum absolute atomic E-state index is 13.1. The van der Waals surface area contributed by atoms with Crippen molar-refractivity contribution >= 4 is 15.9 Å². The molecule has 3 N–H and O–H groups in total. The Morgan fingerprint density at radius 1 is 0.862 bits per heavy atom. The largest absolute Gasteiger partial charge is 0.504 e. The van der Waals surface area contributed by atoms with Crippen LogP contribution in [0.3, 0.4) is 0 Å². The average Bonchev–Trinajstić information content (AvgIpc) is 2.64. The first-order valence-corrected chi connectivity index (χ1v) is 10.6. The predicted molar refractivity (Wildman–Crippen MR) is 107 cm³/mol. The monoisotopic (exact) mass is 420 g/mol. The van der Waals surface area contributed by atoms with Crippen molar-refractivity contribution < 1.29 is 28.5 Å². The van der Waals surface area contributed by atoms with Gasteiger partial charge in [0.25, 0.3) is 5.91 Å². The van der Waals surface area contributed by atoms with Crippen molar-refractivity contribution in [2.45, 2.75) is 25.7 Å². The van der Waals surface area contributed by atoms with Crippen molar-refractivity contribution in [3.63, 3.8) is 0 Å². The summed E-state index contributed by atoms with van der Waals surface area (Å²) in [5, 5.41) is 28.6. The van der Waals surface area contributed by atoms with Gasteiger partial charge in [-0.2, -0.15) is 4.31 Å². The standard InChI is InChI=1S/C20H24N2O6S/c1-12-8-13(2)19(14(3)9-12)29(27,28)22-6-4-21(5-7-22)20(26)15-10-16(23)18(25)17(24)11-15/h8-11,23-25H,4-7H2,1-3H3. The number of benzene rings is 2. The molecule has 1 heterocycles. The summed E-state index contributed by atoms with van der Waals surface area (Å²) in [5.74, 6) is -2.35. The number of aryl methyl sites for hydroxylation is 3. The fourth-order valence-corrected chi connectivity index (χ4v) is 5.58. The molecular formula is C20H24N2O6S. The van der Waals surface area contributed by atoms with Crippen LogP contribution in [0.2, 0.25) is 0 Å². The molecule has 2 aromatic rings. The molecule has 2 aromatic carbocycles. The van der Waals surface area contributed by atoms with Crippen LogP contribution in [0.5, 0.6) is 17.2 Å². The van der Waals surface area contributed by atoms with Crippen LogP contribution in [0.4, 0.5) is 0 Å². The molecule has 8 nitrogen and oxygen atoms in total. The van der Waals surface area contributed by atoms with Crippen LogP contribution >= 0.6 is 0 Å². The number of hydrogen-bond acceptors (Lipinski definition) is 6. The lowest BCUT2D eigenvalue weighted by atomic mass is 10.1. The van der Waals surface area contributed by atoms with Gasteiger partial charge in [0.15, 0.2) is 17.2 Å². The third-order valence-corrected chi connectivity index (χ3v) is 7.25. The molecule has 1 fully saturated rings. The molecule has 0 saturated carbocycles. The summed E-state index contributed by atoms with van der Waals surface area (Å²) in [6.45, 7) is 6.08. The summed E-state index contributed by atoms with van der Waals surface area (Å²) < 4.78 is 27.7. The summed E-state index contributed by atoms with van der Waals surface area (Å²) in [4.78, 5) is 14.4. The zero-order valence-electron chi connectivity index (χ0n) is 16.5. The number of rotatable bonds is 3. The molecule has 3 rings (SSSR count). The molecule has 0 aliphatic carbocycles. The van der Waals surface area contributed by atoms with Gasteiger partial charge in [0, 0.05) is 31.7 Å². The molecule has 0 atom stereocenters. The highest BCUT2D eigenvalue weighted by atomic mass is 32.2. The Kier molecular flexibility index (Phi) is 5.46. The second kappa shape index (κ2) is 7.57. The minimum Gasteiger partial charge on any atom is -0.504 e. The van der Waals surface area contributed by atoms with E-state index in [1.807, 2.05) is 19.1 Å². The van der Waals surface area contributed by atoms with Crippen molar-refractivity contribution in [1.29, 1.82) is 0 Å². The molecule has 0 bridgehead atoms. The van der Waals surface area contributed by atoms with Crippen LogP contribution in [0.25, 0.3) is 0 Å². The normalized spacial score (nSPS) is 15.5. The summed E-state index contributed by atoms with van der Waals surface area (Å²) in [7, 11) is -3.69. The van der Waals surface area contributed by atoms with Crippen LogP contribution in [-0.2, 0) is 10.0 Å². The lowest BCUT2D eigenvalue weighted by molar-refractivity contribution is 0.0697. The molecule has 156 valence electrons. The number of phenols is 3. The Hall–Kier alpha value is -2.78. The molecule has 9 heteroatoms. The number of hydrogen-bond donors (Lipinski definition) is 3. The summed E-state index contributed by atoms with van der Waals surface area (Å²) in [6.07, 6.45) is 0. The van der Waals surface area contributed by atoms with Gasteiger partial charge in [0.05, 0.1) is 4.90 Å². The van der Waals surface area contributed by atoms with Gasteiger partial charge in [0.1, 0.15) is 0 Å². The molecule has 0 unspecified atom stereocenters. The molecule has 1 aliphatic rings. The second-order valence-electron chi connectivity index (χ2n) is 7.29. The van der Waals surface area contributed by atoms with E-state index in [1.54, 1.807) is 13.8 Å². The van der Waals surface area contributed by atoms with Crippen LogP contribution < -0.4 is 0 Å². The quantitative estimate of drug-likeness (QED) is 0.653. The number of aromatic hydroxyl groups is 3. The predicted octanol–water partition coefficient (Wildman–Crippen LogP) is 1.88. The number of carbonyl (C=O) groups is 1. The van der Waals surface area contributed by atoms with Crippen molar-refractivity contribution in [3.05, 3.63) is 46.5 Å². The fraction of sp³-hybridized carbons (Fsp3) is 0.350. The summed E-state index contributed by atoms with van der Waals surface area (Å²) in [6, 6.07) is 5.81. The van der Waals surface area contributed by atoms with Gasteiger partial charge in [0.2, 0.25) is 10.0 Å². The minimum atomic E-state index is -3.69. The topological polar surface area (TPSA) is 118 Å². The Bertz CT molecular complexity index is 1030.